The highest BCUT2D eigenvalue weighted by Gasteiger charge is 2.31. The van der Waals surface area contributed by atoms with Crippen molar-refractivity contribution in [1.29, 1.82) is 5.41 Å². The molecule has 3 heterocycles. The maximum Gasteiger partial charge on any atom is 0.139 e. The van der Waals surface area contributed by atoms with Crippen LogP contribution in [-0.2, 0) is 0 Å². The van der Waals surface area contributed by atoms with Gasteiger partial charge in [-0.25, -0.2) is 4.98 Å². The number of rotatable bonds is 4. The summed E-state index contributed by atoms with van der Waals surface area (Å²) in [6, 6.07) is 11.5. The first kappa shape index (κ1) is 15.9. The lowest BCUT2D eigenvalue weighted by atomic mass is 10.2. The lowest BCUT2D eigenvalue weighted by Gasteiger charge is -2.19. The van der Waals surface area contributed by atoms with Crippen LogP contribution in [0.25, 0.3) is 16.1 Å². The Morgan fingerprint density at radius 2 is 2.12 bits per heavy atom. The third-order valence-electron chi connectivity index (χ3n) is 3.96. The van der Waals surface area contributed by atoms with Crippen LogP contribution in [0.3, 0.4) is 0 Å². The maximum absolute atomic E-state index is 10.4. The predicted molar refractivity (Wildman–Crippen MR) is 103 cm³/mol. The van der Waals surface area contributed by atoms with E-state index >= 15 is 0 Å². The van der Waals surface area contributed by atoms with Crippen LogP contribution in [0.15, 0.2) is 52.9 Å². The second-order valence-electron chi connectivity index (χ2n) is 5.47. The van der Waals surface area contributed by atoms with Crippen LogP contribution < -0.4 is 9.64 Å². The van der Waals surface area contributed by atoms with Gasteiger partial charge in [-0.2, -0.15) is 0 Å². The minimum Gasteiger partial charge on any atom is -0.510 e. The Morgan fingerprint density at radius 1 is 1.24 bits per heavy atom. The minimum atomic E-state index is 0.167. The minimum absolute atomic E-state index is 0.167. The predicted octanol–water partition coefficient (Wildman–Crippen LogP) is 4.65. The van der Waals surface area contributed by atoms with E-state index in [1.165, 1.54) is 11.3 Å². The molecule has 0 amide bonds. The fraction of sp³-hybridized carbons (Fsp3) is 0.111. The zero-order valence-electron chi connectivity index (χ0n) is 13.4. The molecule has 0 spiro atoms. The molecule has 0 fully saturated rings. The Morgan fingerprint density at radius 3 is 2.88 bits per heavy atom. The van der Waals surface area contributed by atoms with Crippen molar-refractivity contribution in [2.45, 2.75) is 0 Å². The number of aromatic nitrogens is 1. The van der Waals surface area contributed by atoms with Crippen molar-refractivity contribution in [2.24, 2.45) is 0 Å². The van der Waals surface area contributed by atoms with E-state index < -0.39 is 0 Å². The Kier molecular flexibility index (Phi) is 4.03. The van der Waals surface area contributed by atoms with E-state index in [2.05, 4.69) is 4.98 Å². The molecule has 5 nitrogen and oxygen atoms in total. The quantitative estimate of drug-likeness (QED) is 0.702. The number of methoxy groups -OCH3 is 1. The molecule has 1 aromatic carbocycles. The fourth-order valence-electron chi connectivity index (χ4n) is 2.73. The topological polar surface area (TPSA) is 69.4 Å². The van der Waals surface area contributed by atoms with Crippen LogP contribution in [0.2, 0.25) is 0 Å². The molecule has 2 aromatic heterocycles. The van der Waals surface area contributed by atoms with Gasteiger partial charge in [0.05, 0.1) is 29.8 Å². The summed E-state index contributed by atoms with van der Waals surface area (Å²) in [7, 11) is 1.61. The summed E-state index contributed by atoms with van der Waals surface area (Å²) in [5, 5.41) is 23.6. The molecule has 4 rings (SSSR count). The third-order valence-corrected chi connectivity index (χ3v) is 5.71. The Balaban J connectivity index is 1.65. The summed E-state index contributed by atoms with van der Waals surface area (Å²) in [6.45, 7) is 0.259. The van der Waals surface area contributed by atoms with E-state index in [-0.39, 0.29) is 18.1 Å². The summed E-state index contributed by atoms with van der Waals surface area (Å²) in [6.07, 6.45) is 0. The van der Waals surface area contributed by atoms with Gasteiger partial charge >= 0.3 is 0 Å². The summed E-state index contributed by atoms with van der Waals surface area (Å²) in [4.78, 5) is 7.45. The molecular formula is C18H15N3O2S2. The fourth-order valence-corrected chi connectivity index (χ4v) is 4.38. The van der Waals surface area contributed by atoms with E-state index in [4.69, 9.17) is 10.1 Å². The number of thiophene rings is 1. The molecular weight excluding hydrogens is 354 g/mol. The summed E-state index contributed by atoms with van der Waals surface area (Å²) < 4.78 is 5.25. The number of benzene rings is 1. The number of aliphatic hydroxyl groups is 1. The summed E-state index contributed by atoms with van der Waals surface area (Å²) in [5.41, 5.74) is 2.18. The first-order valence-electron chi connectivity index (χ1n) is 7.60. The van der Waals surface area contributed by atoms with Crippen molar-refractivity contribution >= 4 is 39.8 Å². The van der Waals surface area contributed by atoms with Crippen molar-refractivity contribution in [3.8, 4) is 16.3 Å². The van der Waals surface area contributed by atoms with Gasteiger partial charge in [0.2, 0.25) is 0 Å². The van der Waals surface area contributed by atoms with Gasteiger partial charge in [-0.3, -0.25) is 5.41 Å². The summed E-state index contributed by atoms with van der Waals surface area (Å²) >= 11 is 3.07. The maximum atomic E-state index is 10.4. The van der Waals surface area contributed by atoms with Crippen LogP contribution >= 0.6 is 22.7 Å². The number of amidine groups is 1. The van der Waals surface area contributed by atoms with Gasteiger partial charge in [0.15, 0.2) is 0 Å². The standard InChI is InChI=1S/C18H15N3O2S2/c1-23-12-5-2-4-11(8-12)21-9-14(22)16(17(21)19)18-20-13(10-25-18)15-6-3-7-24-15/h2-8,10,19,22H,9H2,1H3. The SMILES string of the molecule is COc1cccc(N2CC(O)=C(c3nc(-c4cccs4)cs3)C2=N)c1. The largest absolute Gasteiger partial charge is 0.510 e. The van der Waals surface area contributed by atoms with Crippen molar-refractivity contribution < 1.29 is 9.84 Å². The van der Waals surface area contributed by atoms with E-state index in [1.54, 1.807) is 23.3 Å². The van der Waals surface area contributed by atoms with Crippen LogP contribution in [0, 0.1) is 5.41 Å². The number of aliphatic hydroxyl groups excluding tert-OH is 1. The molecule has 0 saturated carbocycles. The number of hydrogen-bond acceptors (Lipinski definition) is 6. The van der Waals surface area contributed by atoms with Gasteiger partial charge in [0, 0.05) is 17.1 Å². The van der Waals surface area contributed by atoms with Crippen LogP contribution in [-0.4, -0.2) is 29.6 Å². The molecule has 1 aliphatic heterocycles. The smallest absolute Gasteiger partial charge is 0.139 e. The van der Waals surface area contributed by atoms with Crippen molar-refractivity contribution in [3.05, 3.63) is 57.9 Å². The molecule has 0 atom stereocenters. The molecule has 126 valence electrons. The van der Waals surface area contributed by atoms with Crippen LogP contribution in [0.1, 0.15) is 5.01 Å². The monoisotopic (exact) mass is 369 g/mol. The molecule has 0 bridgehead atoms. The van der Waals surface area contributed by atoms with Gasteiger partial charge in [0.25, 0.3) is 0 Å². The molecule has 2 N–H and O–H groups in total. The lowest BCUT2D eigenvalue weighted by molar-refractivity contribution is 0.410. The normalized spacial score (nSPS) is 14.4. The highest BCUT2D eigenvalue weighted by molar-refractivity contribution is 7.14. The van der Waals surface area contributed by atoms with E-state index in [0.29, 0.717) is 16.3 Å². The van der Waals surface area contributed by atoms with Crippen molar-refractivity contribution in [1.82, 2.24) is 4.98 Å². The average Bonchev–Trinajstić information content (AvgIpc) is 3.35. The van der Waals surface area contributed by atoms with E-state index in [9.17, 15) is 5.11 Å². The van der Waals surface area contributed by atoms with Gasteiger partial charge in [-0.05, 0) is 23.6 Å². The molecule has 0 radical (unpaired) electrons. The third kappa shape index (κ3) is 2.81. The van der Waals surface area contributed by atoms with Gasteiger partial charge in [0.1, 0.15) is 22.4 Å². The Hall–Kier alpha value is -2.64. The number of nitrogens with one attached hydrogen (secondary N) is 1. The van der Waals surface area contributed by atoms with Crippen molar-refractivity contribution in [2.75, 3.05) is 18.6 Å². The lowest BCUT2D eigenvalue weighted by Crippen LogP contribution is -2.25. The highest BCUT2D eigenvalue weighted by atomic mass is 32.1. The number of hydrogen-bond donors (Lipinski definition) is 2. The Bertz CT molecular complexity index is 960. The van der Waals surface area contributed by atoms with Crippen LogP contribution in [0.4, 0.5) is 5.69 Å². The molecule has 25 heavy (non-hydrogen) atoms. The zero-order valence-corrected chi connectivity index (χ0v) is 15.0. The molecule has 0 aliphatic carbocycles. The van der Waals surface area contributed by atoms with Crippen molar-refractivity contribution in [3.63, 3.8) is 0 Å². The number of thiazole rings is 1. The second kappa shape index (κ2) is 6.34. The number of anilines is 1. The molecule has 0 unspecified atom stereocenters. The van der Waals surface area contributed by atoms with Gasteiger partial charge in [-0.15, -0.1) is 22.7 Å². The molecule has 7 heteroatoms. The molecule has 3 aromatic rings. The average molecular weight is 369 g/mol. The number of ether oxygens (including phenoxy) is 1. The molecule has 0 saturated heterocycles. The van der Waals surface area contributed by atoms with E-state index in [1.807, 2.05) is 47.2 Å². The summed E-state index contributed by atoms with van der Waals surface area (Å²) in [5.74, 6) is 1.13. The highest BCUT2D eigenvalue weighted by Crippen LogP contribution is 2.35. The van der Waals surface area contributed by atoms with Gasteiger partial charge < -0.3 is 14.7 Å². The second-order valence-corrected chi connectivity index (χ2v) is 7.28. The van der Waals surface area contributed by atoms with E-state index in [0.717, 1.165) is 16.3 Å². The Labute approximate surface area is 153 Å². The first-order valence-corrected chi connectivity index (χ1v) is 9.35. The zero-order chi connectivity index (χ0) is 17.4. The number of nitrogens with zero attached hydrogens (tertiary/aromatic N) is 2. The van der Waals surface area contributed by atoms with Gasteiger partial charge in [-0.1, -0.05) is 12.1 Å². The van der Waals surface area contributed by atoms with Crippen LogP contribution in [0.5, 0.6) is 5.75 Å². The molecule has 1 aliphatic rings. The first-order chi connectivity index (χ1) is 12.2.